The number of benzene rings is 1. The molecule has 0 aromatic heterocycles. The average molecular weight is 236 g/mol. The van der Waals surface area contributed by atoms with E-state index in [2.05, 4.69) is 5.32 Å². The van der Waals surface area contributed by atoms with Gasteiger partial charge in [0.1, 0.15) is 0 Å². The molecule has 1 aromatic rings. The molecule has 1 N–H and O–H groups in total. The number of nitrogens with zero attached hydrogens (tertiary/aromatic N) is 1. The van der Waals surface area contributed by atoms with Gasteiger partial charge < -0.3 is 10.2 Å². The summed E-state index contributed by atoms with van der Waals surface area (Å²) in [6, 6.07) is 6.05. The van der Waals surface area contributed by atoms with Crippen LogP contribution in [0.25, 0.3) is 0 Å². The SMILES string of the molecule is Cc1cccc(C)c1NC(=O)N1CCSC1. The van der Waals surface area contributed by atoms with E-state index in [4.69, 9.17) is 0 Å². The highest BCUT2D eigenvalue weighted by atomic mass is 32.2. The molecule has 2 rings (SSSR count). The highest BCUT2D eigenvalue weighted by Gasteiger charge is 2.19. The molecule has 0 spiro atoms. The Morgan fingerprint density at radius 3 is 2.62 bits per heavy atom. The smallest absolute Gasteiger partial charge is 0.314 e. The molecule has 0 bridgehead atoms. The Hall–Kier alpha value is -1.16. The summed E-state index contributed by atoms with van der Waals surface area (Å²) in [5.74, 6) is 1.84. The molecular weight excluding hydrogens is 220 g/mol. The van der Waals surface area contributed by atoms with Gasteiger partial charge in [0.05, 0.1) is 5.88 Å². The van der Waals surface area contributed by atoms with Crippen LogP contribution in [-0.4, -0.2) is 29.1 Å². The van der Waals surface area contributed by atoms with Gasteiger partial charge in [-0.3, -0.25) is 0 Å². The third kappa shape index (κ3) is 2.32. The standard InChI is InChI=1S/C12H16N2OS/c1-9-4-3-5-10(2)11(9)13-12(15)14-6-7-16-8-14/h3-5H,6-8H2,1-2H3,(H,13,15). The van der Waals surface area contributed by atoms with E-state index in [0.29, 0.717) is 0 Å². The van der Waals surface area contributed by atoms with Gasteiger partial charge >= 0.3 is 6.03 Å². The molecule has 2 amide bonds. The summed E-state index contributed by atoms with van der Waals surface area (Å²) in [5, 5.41) is 2.99. The minimum Gasteiger partial charge on any atom is -0.314 e. The van der Waals surface area contributed by atoms with Crippen LogP contribution >= 0.6 is 11.8 Å². The first-order valence-electron chi connectivity index (χ1n) is 5.38. The van der Waals surface area contributed by atoms with E-state index in [1.54, 1.807) is 11.8 Å². The van der Waals surface area contributed by atoms with E-state index >= 15 is 0 Å². The highest BCUT2D eigenvalue weighted by Crippen LogP contribution is 2.21. The Bertz CT molecular complexity index is 380. The van der Waals surface area contributed by atoms with Gasteiger partial charge in [0.2, 0.25) is 0 Å². The lowest BCUT2D eigenvalue weighted by molar-refractivity contribution is 0.225. The van der Waals surface area contributed by atoms with Crippen LogP contribution in [0.5, 0.6) is 0 Å². The maximum Gasteiger partial charge on any atom is 0.322 e. The van der Waals surface area contributed by atoms with Crippen molar-refractivity contribution >= 4 is 23.5 Å². The number of hydrogen-bond donors (Lipinski definition) is 1. The van der Waals surface area contributed by atoms with Crippen molar-refractivity contribution in [2.45, 2.75) is 13.8 Å². The predicted octanol–water partition coefficient (Wildman–Crippen LogP) is 2.84. The molecule has 0 saturated carbocycles. The van der Waals surface area contributed by atoms with Crippen LogP contribution in [-0.2, 0) is 0 Å². The van der Waals surface area contributed by atoms with E-state index in [1.165, 1.54) is 0 Å². The van der Waals surface area contributed by atoms with Crippen molar-refractivity contribution in [2.24, 2.45) is 0 Å². The van der Waals surface area contributed by atoms with Crippen molar-refractivity contribution in [3.05, 3.63) is 29.3 Å². The number of anilines is 1. The summed E-state index contributed by atoms with van der Waals surface area (Å²) in [6.07, 6.45) is 0. The van der Waals surface area contributed by atoms with Crippen molar-refractivity contribution in [2.75, 3.05) is 23.5 Å². The molecule has 1 aromatic carbocycles. The summed E-state index contributed by atoms with van der Waals surface area (Å²) >= 11 is 1.79. The Kier molecular flexibility index (Phi) is 3.39. The van der Waals surface area contributed by atoms with Crippen LogP contribution in [0, 0.1) is 13.8 Å². The molecule has 86 valence electrons. The number of carbonyl (C=O) groups excluding carboxylic acids is 1. The van der Waals surface area contributed by atoms with Crippen molar-refractivity contribution in [3.8, 4) is 0 Å². The van der Waals surface area contributed by atoms with E-state index in [-0.39, 0.29) is 6.03 Å². The van der Waals surface area contributed by atoms with Gasteiger partial charge in [0, 0.05) is 18.0 Å². The fourth-order valence-electron chi connectivity index (χ4n) is 1.77. The first kappa shape index (κ1) is 11.3. The fraction of sp³-hybridized carbons (Fsp3) is 0.417. The quantitative estimate of drug-likeness (QED) is 0.813. The van der Waals surface area contributed by atoms with E-state index in [0.717, 1.165) is 35.0 Å². The molecular formula is C12H16N2OS. The molecule has 0 atom stereocenters. The van der Waals surface area contributed by atoms with Crippen molar-refractivity contribution < 1.29 is 4.79 Å². The fourth-order valence-corrected chi connectivity index (χ4v) is 2.72. The van der Waals surface area contributed by atoms with Gasteiger partial charge in [-0.1, -0.05) is 18.2 Å². The van der Waals surface area contributed by atoms with Crippen LogP contribution in [0.1, 0.15) is 11.1 Å². The average Bonchev–Trinajstić information content (AvgIpc) is 2.76. The molecule has 0 radical (unpaired) electrons. The lowest BCUT2D eigenvalue weighted by Crippen LogP contribution is -2.32. The monoisotopic (exact) mass is 236 g/mol. The number of thioether (sulfide) groups is 1. The minimum atomic E-state index is 0.0161. The zero-order chi connectivity index (χ0) is 11.5. The molecule has 1 fully saturated rings. The minimum absolute atomic E-state index is 0.0161. The summed E-state index contributed by atoms with van der Waals surface area (Å²) in [4.78, 5) is 13.8. The molecule has 1 heterocycles. The number of aryl methyl sites for hydroxylation is 2. The first-order chi connectivity index (χ1) is 7.68. The van der Waals surface area contributed by atoms with Crippen LogP contribution < -0.4 is 5.32 Å². The third-order valence-corrected chi connectivity index (χ3v) is 3.72. The van der Waals surface area contributed by atoms with Gasteiger partial charge in [-0.05, 0) is 25.0 Å². The molecule has 4 heteroatoms. The number of amides is 2. The van der Waals surface area contributed by atoms with Crippen LogP contribution in [0.15, 0.2) is 18.2 Å². The van der Waals surface area contributed by atoms with Crippen LogP contribution in [0.2, 0.25) is 0 Å². The molecule has 0 aliphatic carbocycles. The van der Waals surface area contributed by atoms with E-state index in [1.807, 2.05) is 36.9 Å². The molecule has 3 nitrogen and oxygen atoms in total. The van der Waals surface area contributed by atoms with Crippen LogP contribution in [0.3, 0.4) is 0 Å². The summed E-state index contributed by atoms with van der Waals surface area (Å²) in [7, 11) is 0. The zero-order valence-electron chi connectivity index (χ0n) is 9.62. The largest absolute Gasteiger partial charge is 0.322 e. The highest BCUT2D eigenvalue weighted by molar-refractivity contribution is 7.99. The van der Waals surface area contributed by atoms with E-state index in [9.17, 15) is 4.79 Å². The van der Waals surface area contributed by atoms with Gasteiger partial charge in [0.25, 0.3) is 0 Å². The maximum absolute atomic E-state index is 11.9. The Morgan fingerprint density at radius 2 is 2.06 bits per heavy atom. The molecule has 1 aliphatic rings. The predicted molar refractivity (Wildman–Crippen MR) is 69.0 cm³/mol. The number of urea groups is 1. The van der Waals surface area contributed by atoms with E-state index < -0.39 is 0 Å². The maximum atomic E-state index is 11.9. The number of rotatable bonds is 1. The Labute approximate surface area is 100 Å². The van der Waals surface area contributed by atoms with Gasteiger partial charge in [-0.2, -0.15) is 0 Å². The summed E-state index contributed by atoms with van der Waals surface area (Å²) in [5.41, 5.74) is 3.17. The third-order valence-electron chi connectivity index (χ3n) is 2.75. The topological polar surface area (TPSA) is 32.3 Å². The lowest BCUT2D eigenvalue weighted by Gasteiger charge is -2.17. The van der Waals surface area contributed by atoms with Gasteiger partial charge in [-0.15, -0.1) is 11.8 Å². The molecule has 16 heavy (non-hydrogen) atoms. The first-order valence-corrected chi connectivity index (χ1v) is 6.54. The Balaban J connectivity index is 2.11. The number of hydrogen-bond acceptors (Lipinski definition) is 2. The second-order valence-electron chi connectivity index (χ2n) is 4.00. The van der Waals surface area contributed by atoms with Gasteiger partial charge in [-0.25, -0.2) is 4.79 Å². The number of carbonyl (C=O) groups is 1. The van der Waals surface area contributed by atoms with Crippen molar-refractivity contribution in [3.63, 3.8) is 0 Å². The zero-order valence-corrected chi connectivity index (χ0v) is 10.4. The second-order valence-corrected chi connectivity index (χ2v) is 5.07. The second kappa shape index (κ2) is 4.78. The van der Waals surface area contributed by atoms with Gasteiger partial charge in [0.15, 0.2) is 0 Å². The summed E-state index contributed by atoms with van der Waals surface area (Å²) in [6.45, 7) is 4.88. The molecule has 0 unspecified atom stereocenters. The normalized spacial score (nSPS) is 15.2. The van der Waals surface area contributed by atoms with Crippen molar-refractivity contribution in [1.29, 1.82) is 0 Å². The molecule has 1 saturated heterocycles. The van der Waals surface area contributed by atoms with Crippen molar-refractivity contribution in [1.82, 2.24) is 4.90 Å². The Morgan fingerprint density at radius 1 is 1.38 bits per heavy atom. The lowest BCUT2D eigenvalue weighted by atomic mass is 10.1. The number of nitrogens with one attached hydrogen (secondary N) is 1. The van der Waals surface area contributed by atoms with Crippen LogP contribution in [0.4, 0.5) is 10.5 Å². The summed E-state index contributed by atoms with van der Waals surface area (Å²) < 4.78 is 0. The molecule has 1 aliphatic heterocycles. The number of para-hydroxylation sites is 1.